The van der Waals surface area contributed by atoms with Crippen molar-refractivity contribution >= 4 is 6.09 Å². The SMILES string of the molecule is CCNC(=O)OC1=CNCNC1. The number of ether oxygens (including phenoxy) is 1. The summed E-state index contributed by atoms with van der Waals surface area (Å²) in [6.07, 6.45) is 1.28. The van der Waals surface area contributed by atoms with Gasteiger partial charge in [0.15, 0.2) is 0 Å². The third-order valence-corrected chi connectivity index (χ3v) is 1.33. The van der Waals surface area contributed by atoms with Crippen molar-refractivity contribution in [3.8, 4) is 0 Å². The molecule has 0 atom stereocenters. The fraction of sp³-hybridized carbons (Fsp3) is 0.571. The van der Waals surface area contributed by atoms with E-state index < -0.39 is 6.09 Å². The largest absolute Gasteiger partial charge is 0.412 e. The summed E-state index contributed by atoms with van der Waals surface area (Å²) in [6.45, 7) is 3.71. The van der Waals surface area contributed by atoms with Crippen LogP contribution in [0.15, 0.2) is 12.0 Å². The molecule has 0 unspecified atom stereocenters. The van der Waals surface area contributed by atoms with Crippen LogP contribution < -0.4 is 16.0 Å². The number of amides is 1. The molecule has 68 valence electrons. The molecule has 5 nitrogen and oxygen atoms in total. The Morgan fingerprint density at radius 3 is 3.25 bits per heavy atom. The molecule has 1 aliphatic rings. The van der Waals surface area contributed by atoms with E-state index in [2.05, 4.69) is 16.0 Å². The van der Waals surface area contributed by atoms with E-state index in [4.69, 9.17) is 4.74 Å². The van der Waals surface area contributed by atoms with Crippen molar-refractivity contribution in [2.75, 3.05) is 19.8 Å². The lowest BCUT2D eigenvalue weighted by Crippen LogP contribution is -2.35. The summed E-state index contributed by atoms with van der Waals surface area (Å²) in [4.78, 5) is 10.9. The van der Waals surface area contributed by atoms with Gasteiger partial charge in [0.1, 0.15) is 5.76 Å². The maximum Gasteiger partial charge on any atom is 0.412 e. The minimum atomic E-state index is -0.408. The maximum atomic E-state index is 10.9. The Morgan fingerprint density at radius 2 is 2.67 bits per heavy atom. The zero-order chi connectivity index (χ0) is 8.81. The van der Waals surface area contributed by atoms with Gasteiger partial charge in [0.2, 0.25) is 0 Å². The molecule has 0 aromatic rings. The second kappa shape index (κ2) is 4.61. The molecule has 0 aromatic heterocycles. The smallest absolute Gasteiger partial charge is 0.412 e. The quantitative estimate of drug-likeness (QED) is 0.535. The molecular formula is C7H13N3O2. The van der Waals surface area contributed by atoms with Crippen LogP contribution in [0.2, 0.25) is 0 Å². The standard InChI is InChI=1S/C7H13N3O2/c1-2-10-7(11)12-6-3-8-5-9-4-6/h3,8-9H,2,4-5H2,1H3,(H,10,11). The fourth-order valence-electron chi connectivity index (χ4n) is 0.839. The van der Waals surface area contributed by atoms with E-state index in [1.807, 2.05) is 6.92 Å². The van der Waals surface area contributed by atoms with Crippen molar-refractivity contribution in [2.24, 2.45) is 0 Å². The molecule has 0 spiro atoms. The molecule has 1 heterocycles. The van der Waals surface area contributed by atoms with Crippen LogP contribution in [0.3, 0.4) is 0 Å². The van der Waals surface area contributed by atoms with E-state index in [9.17, 15) is 4.79 Å². The normalized spacial score (nSPS) is 15.9. The Kier molecular flexibility index (Phi) is 3.40. The Morgan fingerprint density at radius 1 is 1.83 bits per heavy atom. The van der Waals surface area contributed by atoms with Crippen LogP contribution in [0.5, 0.6) is 0 Å². The van der Waals surface area contributed by atoms with Crippen LogP contribution in [-0.4, -0.2) is 25.9 Å². The lowest BCUT2D eigenvalue weighted by atomic mass is 10.5. The van der Waals surface area contributed by atoms with Crippen molar-refractivity contribution in [1.29, 1.82) is 0 Å². The molecular weight excluding hydrogens is 158 g/mol. The molecule has 5 heteroatoms. The second-order valence-corrected chi connectivity index (χ2v) is 2.34. The van der Waals surface area contributed by atoms with Gasteiger partial charge < -0.3 is 15.4 Å². The van der Waals surface area contributed by atoms with Gasteiger partial charge in [0.25, 0.3) is 0 Å². The highest BCUT2D eigenvalue weighted by Crippen LogP contribution is 1.96. The second-order valence-electron chi connectivity index (χ2n) is 2.34. The first-order valence-corrected chi connectivity index (χ1v) is 3.91. The molecule has 0 aromatic carbocycles. The predicted octanol–water partition coefficient (Wildman–Crippen LogP) is -0.276. The highest BCUT2D eigenvalue weighted by molar-refractivity contribution is 5.68. The lowest BCUT2D eigenvalue weighted by Gasteiger charge is -2.15. The van der Waals surface area contributed by atoms with Crippen LogP contribution in [0, 0.1) is 0 Å². The van der Waals surface area contributed by atoms with Crippen LogP contribution in [0.4, 0.5) is 4.79 Å². The number of carbonyl (C=O) groups excluding carboxylic acids is 1. The first-order valence-electron chi connectivity index (χ1n) is 3.91. The summed E-state index contributed by atoms with van der Waals surface area (Å²) in [5, 5.41) is 8.44. The fourth-order valence-corrected chi connectivity index (χ4v) is 0.839. The van der Waals surface area contributed by atoms with E-state index in [0.29, 0.717) is 25.5 Å². The van der Waals surface area contributed by atoms with E-state index >= 15 is 0 Å². The average Bonchev–Trinajstić information content (AvgIpc) is 2.06. The van der Waals surface area contributed by atoms with Gasteiger partial charge in [0, 0.05) is 12.7 Å². The highest BCUT2D eigenvalue weighted by Gasteiger charge is 2.07. The van der Waals surface area contributed by atoms with Crippen LogP contribution in [0.25, 0.3) is 0 Å². The molecule has 12 heavy (non-hydrogen) atoms. The third kappa shape index (κ3) is 2.79. The molecule has 1 aliphatic heterocycles. The molecule has 0 saturated carbocycles. The van der Waals surface area contributed by atoms with Crippen molar-refractivity contribution in [1.82, 2.24) is 16.0 Å². The minimum absolute atomic E-state index is 0.408. The number of nitrogens with one attached hydrogen (secondary N) is 3. The van der Waals surface area contributed by atoms with Crippen LogP contribution >= 0.6 is 0 Å². The summed E-state index contributed by atoms with van der Waals surface area (Å²) in [5.74, 6) is 0.604. The Bertz CT molecular complexity index is 191. The van der Waals surface area contributed by atoms with Crippen molar-refractivity contribution in [3.63, 3.8) is 0 Å². The molecule has 3 N–H and O–H groups in total. The highest BCUT2D eigenvalue weighted by atomic mass is 16.6. The predicted molar refractivity (Wildman–Crippen MR) is 44.2 cm³/mol. The van der Waals surface area contributed by atoms with E-state index in [1.54, 1.807) is 6.20 Å². The monoisotopic (exact) mass is 171 g/mol. The van der Waals surface area contributed by atoms with Gasteiger partial charge in [-0.3, -0.25) is 5.32 Å². The number of rotatable bonds is 2. The first kappa shape index (κ1) is 8.86. The summed E-state index contributed by atoms with van der Waals surface area (Å²) >= 11 is 0. The van der Waals surface area contributed by atoms with Gasteiger partial charge in [0.05, 0.1) is 13.2 Å². The third-order valence-electron chi connectivity index (χ3n) is 1.33. The van der Waals surface area contributed by atoms with Crippen molar-refractivity contribution in [3.05, 3.63) is 12.0 Å². The van der Waals surface area contributed by atoms with Gasteiger partial charge in [-0.15, -0.1) is 0 Å². The summed E-state index contributed by atoms with van der Waals surface area (Å²) in [5.41, 5.74) is 0. The Hall–Kier alpha value is -1.23. The summed E-state index contributed by atoms with van der Waals surface area (Å²) < 4.78 is 4.92. The van der Waals surface area contributed by atoms with Crippen LogP contribution in [0.1, 0.15) is 6.92 Å². The van der Waals surface area contributed by atoms with Gasteiger partial charge in [-0.2, -0.15) is 0 Å². The summed E-state index contributed by atoms with van der Waals surface area (Å²) in [6, 6.07) is 0. The Balaban J connectivity index is 2.29. The van der Waals surface area contributed by atoms with E-state index in [1.165, 1.54) is 0 Å². The topological polar surface area (TPSA) is 62.4 Å². The minimum Gasteiger partial charge on any atom is -0.412 e. The number of hydrogen-bond donors (Lipinski definition) is 3. The zero-order valence-electron chi connectivity index (χ0n) is 7.02. The lowest BCUT2D eigenvalue weighted by molar-refractivity contribution is 0.172. The van der Waals surface area contributed by atoms with Gasteiger partial charge in [-0.25, -0.2) is 4.79 Å². The van der Waals surface area contributed by atoms with Gasteiger partial charge in [-0.1, -0.05) is 0 Å². The average molecular weight is 171 g/mol. The molecule has 0 bridgehead atoms. The maximum absolute atomic E-state index is 10.9. The van der Waals surface area contributed by atoms with Gasteiger partial charge >= 0.3 is 6.09 Å². The number of alkyl carbamates (subject to hydrolysis) is 1. The molecule has 1 amide bonds. The van der Waals surface area contributed by atoms with E-state index in [-0.39, 0.29) is 0 Å². The molecule has 1 rings (SSSR count). The number of hydrogen-bond acceptors (Lipinski definition) is 4. The zero-order valence-corrected chi connectivity index (χ0v) is 7.02. The Labute approximate surface area is 71.2 Å². The van der Waals surface area contributed by atoms with Crippen molar-refractivity contribution < 1.29 is 9.53 Å². The molecule has 0 fully saturated rings. The van der Waals surface area contributed by atoms with Crippen molar-refractivity contribution in [2.45, 2.75) is 6.92 Å². The summed E-state index contributed by atoms with van der Waals surface area (Å²) in [7, 11) is 0. The molecule has 0 radical (unpaired) electrons. The van der Waals surface area contributed by atoms with Gasteiger partial charge in [-0.05, 0) is 6.92 Å². The molecule has 0 saturated heterocycles. The van der Waals surface area contributed by atoms with E-state index in [0.717, 1.165) is 0 Å². The molecule has 0 aliphatic carbocycles. The van der Waals surface area contributed by atoms with Crippen LogP contribution in [-0.2, 0) is 4.74 Å². The number of carbonyl (C=O) groups is 1. The first-order chi connectivity index (χ1) is 5.83.